The number of H-pyrrole nitrogens is 1. The Morgan fingerprint density at radius 1 is 1.17 bits per heavy atom. The smallest absolute Gasteiger partial charge is 0.200 e. The van der Waals surface area contributed by atoms with Crippen molar-refractivity contribution in [3.05, 3.63) is 42.2 Å². The van der Waals surface area contributed by atoms with Gasteiger partial charge < -0.3 is 20.4 Å². The lowest BCUT2D eigenvalue weighted by atomic mass is 10.0. The normalized spacial score (nSPS) is 12.9. The summed E-state index contributed by atoms with van der Waals surface area (Å²) in [6.45, 7) is 3.49. The average molecular weight is 321 g/mol. The van der Waals surface area contributed by atoms with E-state index in [1.54, 1.807) is 0 Å². The lowest BCUT2D eigenvalue weighted by molar-refractivity contribution is 0.323. The first-order valence-corrected chi connectivity index (χ1v) is 7.96. The minimum absolute atomic E-state index is 0.695. The molecule has 0 aliphatic carbocycles. The fraction of sp³-hybridized carbons (Fsp3) is 0.222. The van der Waals surface area contributed by atoms with Crippen LogP contribution >= 0.6 is 0 Å². The summed E-state index contributed by atoms with van der Waals surface area (Å²) in [5.74, 6) is 1.62. The molecule has 0 unspecified atom stereocenters. The van der Waals surface area contributed by atoms with E-state index in [1.807, 2.05) is 38.4 Å². The predicted octanol–water partition coefficient (Wildman–Crippen LogP) is 3.29. The number of fused-ring (bicyclic) bond motifs is 1. The van der Waals surface area contributed by atoms with Crippen LogP contribution < -0.4 is 15.4 Å². The third kappa shape index (κ3) is 2.56. The van der Waals surface area contributed by atoms with Crippen molar-refractivity contribution in [1.29, 1.82) is 0 Å². The van der Waals surface area contributed by atoms with Gasteiger partial charge in [0.1, 0.15) is 12.4 Å². The molecule has 1 aliphatic heterocycles. The lowest BCUT2D eigenvalue weighted by Crippen LogP contribution is -2.17. The second kappa shape index (κ2) is 5.88. The zero-order chi connectivity index (χ0) is 16.5. The van der Waals surface area contributed by atoms with Crippen LogP contribution in [0.15, 0.2) is 36.5 Å². The largest absolute Gasteiger partial charge is 0.490 e. The van der Waals surface area contributed by atoms with Gasteiger partial charge in [0, 0.05) is 36.6 Å². The molecule has 0 spiro atoms. The quantitative estimate of drug-likeness (QED) is 0.690. The first-order chi connectivity index (χ1) is 11.7. The summed E-state index contributed by atoms with van der Waals surface area (Å²) in [5.41, 5.74) is 5.95. The number of nitrogens with zero attached hydrogens (tertiary/aromatic N) is 2. The molecule has 0 amide bonds. The standard InChI is InChI=1S/C18H19N5O/c1-11-9-13(5-6-20-11)17-16(22-18(19-2)23-17)12-3-4-15-14(10-12)21-7-8-24-15/h3-6,9-10,21H,7-8H2,1-2H3,(H2,19,22,23). The number of nitrogens with one attached hydrogen (secondary N) is 3. The van der Waals surface area contributed by atoms with Crippen LogP contribution in [0, 0.1) is 6.92 Å². The Balaban J connectivity index is 1.84. The Morgan fingerprint density at radius 2 is 2.08 bits per heavy atom. The van der Waals surface area contributed by atoms with E-state index >= 15 is 0 Å². The number of anilines is 2. The molecule has 3 aromatic rings. The number of ether oxygens (including phenoxy) is 1. The Hall–Kier alpha value is -3.02. The number of pyridine rings is 1. The van der Waals surface area contributed by atoms with Gasteiger partial charge in [0.2, 0.25) is 5.95 Å². The number of hydrogen-bond donors (Lipinski definition) is 3. The Kier molecular flexibility index (Phi) is 3.57. The van der Waals surface area contributed by atoms with Gasteiger partial charge in [-0.3, -0.25) is 4.98 Å². The van der Waals surface area contributed by atoms with Crippen LogP contribution in [-0.2, 0) is 0 Å². The van der Waals surface area contributed by atoms with Crippen molar-refractivity contribution in [2.24, 2.45) is 0 Å². The molecular formula is C18H19N5O. The molecule has 3 heterocycles. The van der Waals surface area contributed by atoms with Gasteiger partial charge >= 0.3 is 0 Å². The fourth-order valence-corrected chi connectivity index (χ4v) is 2.90. The van der Waals surface area contributed by atoms with Crippen molar-refractivity contribution in [2.45, 2.75) is 6.92 Å². The van der Waals surface area contributed by atoms with E-state index in [4.69, 9.17) is 9.72 Å². The fourth-order valence-electron chi connectivity index (χ4n) is 2.90. The van der Waals surface area contributed by atoms with Gasteiger partial charge in [-0.05, 0) is 37.3 Å². The van der Waals surface area contributed by atoms with Crippen LogP contribution in [0.2, 0.25) is 0 Å². The summed E-state index contributed by atoms with van der Waals surface area (Å²) in [7, 11) is 1.85. The molecule has 3 N–H and O–H groups in total. The van der Waals surface area contributed by atoms with E-state index in [0.29, 0.717) is 6.61 Å². The second-order valence-corrected chi connectivity index (χ2v) is 5.73. The van der Waals surface area contributed by atoms with Gasteiger partial charge in [-0.25, -0.2) is 4.98 Å². The third-order valence-electron chi connectivity index (χ3n) is 4.05. The van der Waals surface area contributed by atoms with Crippen LogP contribution in [0.4, 0.5) is 11.6 Å². The van der Waals surface area contributed by atoms with E-state index in [9.17, 15) is 0 Å². The van der Waals surface area contributed by atoms with Crippen molar-refractivity contribution in [2.75, 3.05) is 30.8 Å². The Morgan fingerprint density at radius 3 is 2.92 bits per heavy atom. The number of aromatic amines is 1. The first kappa shape index (κ1) is 14.6. The summed E-state index contributed by atoms with van der Waals surface area (Å²) in [5, 5.41) is 6.45. The average Bonchev–Trinajstić information content (AvgIpc) is 3.06. The molecule has 1 aliphatic rings. The maximum absolute atomic E-state index is 5.66. The van der Waals surface area contributed by atoms with E-state index in [1.165, 1.54) is 0 Å². The summed E-state index contributed by atoms with van der Waals surface area (Å²) in [6, 6.07) is 10.2. The summed E-state index contributed by atoms with van der Waals surface area (Å²) < 4.78 is 5.66. The van der Waals surface area contributed by atoms with Crippen molar-refractivity contribution < 1.29 is 4.74 Å². The minimum Gasteiger partial charge on any atom is -0.490 e. The van der Waals surface area contributed by atoms with Crippen LogP contribution in [-0.4, -0.2) is 35.2 Å². The molecule has 0 saturated carbocycles. The maximum Gasteiger partial charge on any atom is 0.200 e. The highest BCUT2D eigenvalue weighted by molar-refractivity contribution is 5.82. The molecule has 6 nitrogen and oxygen atoms in total. The van der Waals surface area contributed by atoms with Gasteiger partial charge in [-0.2, -0.15) is 0 Å². The molecule has 0 atom stereocenters. The number of aryl methyl sites for hydroxylation is 1. The zero-order valence-electron chi connectivity index (χ0n) is 13.7. The first-order valence-electron chi connectivity index (χ1n) is 7.96. The van der Waals surface area contributed by atoms with Gasteiger partial charge in [-0.15, -0.1) is 0 Å². The van der Waals surface area contributed by atoms with Crippen LogP contribution in [0.5, 0.6) is 5.75 Å². The lowest BCUT2D eigenvalue weighted by Gasteiger charge is -2.19. The molecule has 2 aromatic heterocycles. The van der Waals surface area contributed by atoms with Crippen molar-refractivity contribution in [1.82, 2.24) is 15.0 Å². The third-order valence-corrected chi connectivity index (χ3v) is 4.05. The molecule has 0 bridgehead atoms. The van der Waals surface area contributed by atoms with Crippen molar-refractivity contribution in [3.8, 4) is 28.3 Å². The molecule has 24 heavy (non-hydrogen) atoms. The SMILES string of the molecule is CNc1nc(-c2ccc3c(c2)NCCO3)c(-c2ccnc(C)c2)[nH]1. The molecule has 122 valence electrons. The number of aromatic nitrogens is 3. The van der Waals surface area contributed by atoms with Gasteiger partial charge in [0.15, 0.2) is 0 Å². The second-order valence-electron chi connectivity index (χ2n) is 5.73. The molecule has 1 aromatic carbocycles. The summed E-state index contributed by atoms with van der Waals surface area (Å²) >= 11 is 0. The minimum atomic E-state index is 0.695. The predicted molar refractivity (Wildman–Crippen MR) is 95.5 cm³/mol. The highest BCUT2D eigenvalue weighted by atomic mass is 16.5. The highest BCUT2D eigenvalue weighted by Gasteiger charge is 2.17. The molecule has 0 fully saturated rings. The van der Waals surface area contributed by atoms with Crippen molar-refractivity contribution in [3.63, 3.8) is 0 Å². The van der Waals surface area contributed by atoms with E-state index in [-0.39, 0.29) is 0 Å². The number of rotatable bonds is 3. The number of imidazole rings is 1. The molecule has 4 rings (SSSR count). The van der Waals surface area contributed by atoms with Crippen molar-refractivity contribution >= 4 is 11.6 Å². The Labute approximate surface area is 140 Å². The van der Waals surface area contributed by atoms with Gasteiger partial charge in [-0.1, -0.05) is 0 Å². The van der Waals surface area contributed by atoms with Gasteiger partial charge in [0.05, 0.1) is 17.1 Å². The number of hydrogen-bond acceptors (Lipinski definition) is 5. The van der Waals surface area contributed by atoms with E-state index in [2.05, 4.69) is 32.7 Å². The maximum atomic E-state index is 5.66. The van der Waals surface area contributed by atoms with Crippen LogP contribution in [0.3, 0.4) is 0 Å². The van der Waals surface area contributed by atoms with E-state index in [0.717, 1.165) is 52.1 Å². The molecule has 0 saturated heterocycles. The van der Waals surface area contributed by atoms with E-state index < -0.39 is 0 Å². The van der Waals surface area contributed by atoms with Crippen LogP contribution in [0.25, 0.3) is 22.5 Å². The summed E-state index contributed by atoms with van der Waals surface area (Å²) in [6.07, 6.45) is 1.82. The monoisotopic (exact) mass is 321 g/mol. The van der Waals surface area contributed by atoms with Gasteiger partial charge in [0.25, 0.3) is 0 Å². The highest BCUT2D eigenvalue weighted by Crippen LogP contribution is 2.36. The molecule has 6 heteroatoms. The molecule has 0 radical (unpaired) electrons. The Bertz CT molecular complexity index is 887. The zero-order valence-corrected chi connectivity index (χ0v) is 13.7. The molecular weight excluding hydrogens is 302 g/mol. The number of benzene rings is 1. The van der Waals surface area contributed by atoms with Crippen LogP contribution in [0.1, 0.15) is 5.69 Å². The topological polar surface area (TPSA) is 74.9 Å². The summed E-state index contributed by atoms with van der Waals surface area (Å²) in [4.78, 5) is 12.3.